The van der Waals surface area contributed by atoms with Gasteiger partial charge in [-0.2, -0.15) is 4.31 Å². The summed E-state index contributed by atoms with van der Waals surface area (Å²) in [6, 6.07) is 10.4. The molecule has 3 heterocycles. The first-order valence-electron chi connectivity index (χ1n) is 8.98. The molecule has 1 unspecified atom stereocenters. The number of sulfonamides is 1. The maximum atomic E-state index is 13.0. The van der Waals surface area contributed by atoms with Crippen LogP contribution >= 0.6 is 0 Å². The molecule has 1 aromatic carbocycles. The number of hydrogen-bond donors (Lipinski definition) is 0. The summed E-state index contributed by atoms with van der Waals surface area (Å²) in [5.41, 5.74) is 1.70. The van der Waals surface area contributed by atoms with E-state index in [1.807, 2.05) is 16.7 Å². The number of fused-ring (bicyclic) bond motifs is 1. The summed E-state index contributed by atoms with van der Waals surface area (Å²) in [4.78, 5) is 9.07. The van der Waals surface area contributed by atoms with Crippen molar-refractivity contribution in [2.75, 3.05) is 20.2 Å². The number of ether oxygens (including phenoxy) is 1. The van der Waals surface area contributed by atoms with E-state index >= 15 is 0 Å². The van der Waals surface area contributed by atoms with Crippen molar-refractivity contribution in [2.45, 2.75) is 24.3 Å². The van der Waals surface area contributed by atoms with Crippen LogP contribution in [0.5, 0.6) is 5.75 Å². The van der Waals surface area contributed by atoms with Crippen molar-refractivity contribution < 1.29 is 13.2 Å². The van der Waals surface area contributed by atoms with Crippen LogP contribution in [0.4, 0.5) is 0 Å². The van der Waals surface area contributed by atoms with Gasteiger partial charge >= 0.3 is 0 Å². The maximum Gasteiger partial charge on any atom is 0.243 e. The summed E-state index contributed by atoms with van der Waals surface area (Å²) < 4.78 is 34.7. The number of rotatable bonds is 5. The molecule has 1 atom stereocenters. The van der Waals surface area contributed by atoms with Crippen LogP contribution in [0.2, 0.25) is 0 Å². The fourth-order valence-corrected chi connectivity index (χ4v) is 5.15. The minimum atomic E-state index is -3.50. The Kier molecular flexibility index (Phi) is 4.84. The molecule has 1 fully saturated rings. The monoisotopic (exact) mass is 386 g/mol. The zero-order valence-electron chi connectivity index (χ0n) is 15.2. The van der Waals surface area contributed by atoms with Gasteiger partial charge in [0.15, 0.2) is 5.65 Å². The molecule has 4 rings (SSSR count). The Morgan fingerprint density at radius 3 is 2.78 bits per heavy atom. The molecular formula is C19H22N4O3S. The van der Waals surface area contributed by atoms with Crippen LogP contribution in [0.15, 0.2) is 53.8 Å². The predicted octanol–water partition coefficient (Wildman–Crippen LogP) is 2.54. The van der Waals surface area contributed by atoms with E-state index in [-0.39, 0.29) is 5.92 Å². The van der Waals surface area contributed by atoms with Gasteiger partial charge in [0.25, 0.3) is 0 Å². The second kappa shape index (κ2) is 7.28. The zero-order chi connectivity index (χ0) is 18.9. The number of piperidine rings is 1. The van der Waals surface area contributed by atoms with E-state index in [2.05, 4.69) is 9.97 Å². The summed E-state index contributed by atoms with van der Waals surface area (Å²) in [6.45, 7) is 1.76. The normalized spacial score (nSPS) is 18.6. The summed E-state index contributed by atoms with van der Waals surface area (Å²) in [5, 5.41) is 0. The number of benzene rings is 1. The number of aromatic nitrogens is 3. The van der Waals surface area contributed by atoms with Gasteiger partial charge in [-0.25, -0.2) is 18.4 Å². The van der Waals surface area contributed by atoms with Gasteiger partial charge in [0.2, 0.25) is 10.0 Å². The van der Waals surface area contributed by atoms with E-state index in [1.54, 1.807) is 48.2 Å². The quantitative estimate of drug-likeness (QED) is 0.673. The largest absolute Gasteiger partial charge is 0.497 e. The van der Waals surface area contributed by atoms with Gasteiger partial charge in [0.1, 0.15) is 11.3 Å². The van der Waals surface area contributed by atoms with Gasteiger partial charge in [-0.05, 0) is 55.2 Å². The molecule has 2 aromatic heterocycles. The predicted molar refractivity (Wildman–Crippen MR) is 102 cm³/mol. The Morgan fingerprint density at radius 1 is 1.19 bits per heavy atom. The van der Waals surface area contributed by atoms with Crippen LogP contribution in [-0.4, -0.2) is 47.5 Å². The van der Waals surface area contributed by atoms with E-state index < -0.39 is 10.0 Å². The van der Waals surface area contributed by atoms with Crippen LogP contribution in [0, 0.1) is 5.92 Å². The average molecular weight is 386 g/mol. The topological polar surface area (TPSA) is 77.3 Å². The average Bonchev–Trinajstić information content (AvgIpc) is 3.11. The first-order chi connectivity index (χ1) is 13.1. The second-order valence-electron chi connectivity index (χ2n) is 6.79. The fraction of sp³-hybridized carbons (Fsp3) is 0.368. The van der Waals surface area contributed by atoms with Gasteiger partial charge in [-0.15, -0.1) is 0 Å². The SMILES string of the molecule is COc1ccc(S(=O)(=O)N2CCCC(Cn3cnc4cccnc43)C2)cc1. The van der Waals surface area contributed by atoms with Crippen molar-refractivity contribution in [3.63, 3.8) is 0 Å². The van der Waals surface area contributed by atoms with E-state index in [0.717, 1.165) is 24.0 Å². The van der Waals surface area contributed by atoms with Crippen LogP contribution in [0.25, 0.3) is 11.2 Å². The highest BCUT2D eigenvalue weighted by Crippen LogP contribution is 2.26. The molecule has 0 bridgehead atoms. The third-order valence-corrected chi connectivity index (χ3v) is 6.89. The maximum absolute atomic E-state index is 13.0. The highest BCUT2D eigenvalue weighted by molar-refractivity contribution is 7.89. The van der Waals surface area contributed by atoms with Crippen molar-refractivity contribution in [3.8, 4) is 5.75 Å². The summed E-state index contributed by atoms with van der Waals surface area (Å²) >= 11 is 0. The first-order valence-corrected chi connectivity index (χ1v) is 10.4. The Balaban J connectivity index is 1.51. The first kappa shape index (κ1) is 17.9. The van der Waals surface area contributed by atoms with Gasteiger partial charge in [0, 0.05) is 25.8 Å². The van der Waals surface area contributed by atoms with E-state index in [9.17, 15) is 8.42 Å². The molecule has 1 saturated heterocycles. The number of nitrogens with zero attached hydrogens (tertiary/aromatic N) is 4. The lowest BCUT2D eigenvalue weighted by Gasteiger charge is -2.32. The standard InChI is InChI=1S/C19H22N4O3S/c1-26-16-6-8-17(9-7-16)27(24,25)23-11-3-4-15(13-23)12-22-14-21-18-5-2-10-20-19(18)22/h2,5-10,14-15H,3-4,11-13H2,1H3. The van der Waals surface area contributed by atoms with Crippen LogP contribution < -0.4 is 4.74 Å². The van der Waals surface area contributed by atoms with Gasteiger partial charge in [0.05, 0.1) is 18.3 Å². The van der Waals surface area contributed by atoms with Crippen molar-refractivity contribution in [2.24, 2.45) is 5.92 Å². The molecule has 3 aromatic rings. The number of methoxy groups -OCH3 is 1. The molecule has 1 aliphatic heterocycles. The molecule has 7 nitrogen and oxygen atoms in total. The molecule has 8 heteroatoms. The third-order valence-electron chi connectivity index (χ3n) is 5.01. The lowest BCUT2D eigenvalue weighted by atomic mass is 10.00. The highest BCUT2D eigenvalue weighted by atomic mass is 32.2. The molecule has 27 heavy (non-hydrogen) atoms. The van der Waals surface area contributed by atoms with Crippen molar-refractivity contribution in [1.29, 1.82) is 0 Å². The Morgan fingerprint density at radius 2 is 2.00 bits per heavy atom. The minimum Gasteiger partial charge on any atom is -0.497 e. The van der Waals surface area contributed by atoms with E-state index in [0.29, 0.717) is 30.3 Å². The van der Waals surface area contributed by atoms with Crippen LogP contribution in [-0.2, 0) is 16.6 Å². The molecule has 0 aliphatic carbocycles. The van der Waals surface area contributed by atoms with Gasteiger partial charge in [-0.3, -0.25) is 0 Å². The summed E-state index contributed by atoms with van der Waals surface area (Å²) in [5.74, 6) is 0.871. The number of pyridine rings is 1. The van der Waals surface area contributed by atoms with Crippen molar-refractivity contribution >= 4 is 21.2 Å². The summed E-state index contributed by atoms with van der Waals surface area (Å²) in [6.07, 6.45) is 5.37. The minimum absolute atomic E-state index is 0.228. The third kappa shape index (κ3) is 3.54. The number of hydrogen-bond acceptors (Lipinski definition) is 5. The lowest BCUT2D eigenvalue weighted by Crippen LogP contribution is -2.41. The molecular weight excluding hydrogens is 364 g/mol. The Hall–Kier alpha value is -2.45. The second-order valence-corrected chi connectivity index (χ2v) is 8.73. The number of imidazole rings is 1. The van der Waals surface area contributed by atoms with E-state index in [1.165, 1.54) is 0 Å². The van der Waals surface area contributed by atoms with Crippen LogP contribution in [0.3, 0.4) is 0 Å². The van der Waals surface area contributed by atoms with Crippen LogP contribution in [0.1, 0.15) is 12.8 Å². The Labute approximate surface area is 158 Å². The molecule has 0 amide bonds. The fourth-order valence-electron chi connectivity index (χ4n) is 3.60. The van der Waals surface area contributed by atoms with Gasteiger partial charge < -0.3 is 9.30 Å². The molecule has 0 radical (unpaired) electrons. The van der Waals surface area contributed by atoms with Crippen molar-refractivity contribution in [1.82, 2.24) is 18.8 Å². The zero-order valence-corrected chi connectivity index (χ0v) is 16.0. The molecule has 0 N–H and O–H groups in total. The Bertz CT molecular complexity index is 1030. The lowest BCUT2D eigenvalue weighted by molar-refractivity contribution is 0.246. The highest BCUT2D eigenvalue weighted by Gasteiger charge is 2.30. The molecule has 0 saturated carbocycles. The van der Waals surface area contributed by atoms with Crippen molar-refractivity contribution in [3.05, 3.63) is 48.9 Å². The molecule has 0 spiro atoms. The van der Waals surface area contributed by atoms with Gasteiger partial charge in [-0.1, -0.05) is 0 Å². The summed E-state index contributed by atoms with van der Waals surface area (Å²) in [7, 11) is -1.94. The van der Waals surface area contributed by atoms with E-state index in [4.69, 9.17) is 4.74 Å². The molecule has 142 valence electrons. The molecule has 1 aliphatic rings. The smallest absolute Gasteiger partial charge is 0.243 e.